The zero-order valence-corrected chi connectivity index (χ0v) is 11.8. The fourth-order valence-corrected chi connectivity index (χ4v) is 3.23. The zero-order chi connectivity index (χ0) is 13.0. The maximum atomic E-state index is 12.3. The standard InChI is InChI=1S/C13H17ClN2OS/c1-2-8-16(9-10-5-6-12(14)18-10)13(17)11-4-3-7-15-11/h2,5-6,11,15H,1,3-4,7-9H2. The largest absolute Gasteiger partial charge is 0.332 e. The molecule has 1 aromatic heterocycles. The first kappa shape index (κ1) is 13.6. The molecule has 1 amide bonds. The van der Waals surface area contributed by atoms with E-state index in [1.54, 1.807) is 6.08 Å². The highest BCUT2D eigenvalue weighted by Gasteiger charge is 2.26. The minimum Gasteiger partial charge on any atom is -0.332 e. The minimum absolute atomic E-state index is 0.0274. The van der Waals surface area contributed by atoms with Gasteiger partial charge in [0.1, 0.15) is 0 Å². The molecule has 1 N–H and O–H groups in total. The van der Waals surface area contributed by atoms with Crippen molar-refractivity contribution in [3.8, 4) is 0 Å². The lowest BCUT2D eigenvalue weighted by molar-refractivity contribution is -0.133. The summed E-state index contributed by atoms with van der Waals surface area (Å²) < 4.78 is 0.759. The number of hydrogen-bond donors (Lipinski definition) is 1. The molecule has 0 spiro atoms. The molecule has 1 aliphatic rings. The molecular weight excluding hydrogens is 268 g/mol. The highest BCUT2D eigenvalue weighted by Crippen LogP contribution is 2.23. The second kappa shape index (κ2) is 6.36. The predicted octanol–water partition coefficient (Wildman–Crippen LogP) is 2.67. The topological polar surface area (TPSA) is 32.3 Å². The summed E-state index contributed by atoms with van der Waals surface area (Å²) in [6.07, 6.45) is 3.77. The summed E-state index contributed by atoms with van der Waals surface area (Å²) in [5.41, 5.74) is 0. The van der Waals surface area contributed by atoms with Gasteiger partial charge in [-0.3, -0.25) is 4.79 Å². The molecule has 0 saturated carbocycles. The van der Waals surface area contributed by atoms with Crippen molar-refractivity contribution in [1.29, 1.82) is 0 Å². The third-order valence-electron chi connectivity index (χ3n) is 3.00. The van der Waals surface area contributed by atoms with Crippen LogP contribution in [0.25, 0.3) is 0 Å². The van der Waals surface area contributed by atoms with Crippen molar-refractivity contribution < 1.29 is 4.79 Å². The molecule has 1 saturated heterocycles. The van der Waals surface area contributed by atoms with E-state index in [0.717, 1.165) is 28.6 Å². The number of rotatable bonds is 5. The summed E-state index contributed by atoms with van der Waals surface area (Å²) >= 11 is 7.43. The number of nitrogens with one attached hydrogen (secondary N) is 1. The molecule has 3 nitrogen and oxygen atoms in total. The second-order valence-corrected chi connectivity index (χ2v) is 6.16. The van der Waals surface area contributed by atoms with Gasteiger partial charge in [-0.1, -0.05) is 17.7 Å². The molecule has 0 aliphatic carbocycles. The van der Waals surface area contributed by atoms with Crippen LogP contribution in [-0.4, -0.2) is 29.9 Å². The van der Waals surface area contributed by atoms with Gasteiger partial charge >= 0.3 is 0 Å². The SMILES string of the molecule is C=CCN(Cc1ccc(Cl)s1)C(=O)C1CCCN1. The van der Waals surface area contributed by atoms with Gasteiger partial charge in [0.25, 0.3) is 0 Å². The Morgan fingerprint density at radius 1 is 1.67 bits per heavy atom. The van der Waals surface area contributed by atoms with Crippen LogP contribution < -0.4 is 5.32 Å². The van der Waals surface area contributed by atoms with Crippen LogP contribution in [-0.2, 0) is 11.3 Å². The number of amides is 1. The Morgan fingerprint density at radius 3 is 3.06 bits per heavy atom. The van der Waals surface area contributed by atoms with Crippen LogP contribution in [0.1, 0.15) is 17.7 Å². The van der Waals surface area contributed by atoms with Gasteiger partial charge in [0, 0.05) is 11.4 Å². The van der Waals surface area contributed by atoms with Gasteiger partial charge in [-0.15, -0.1) is 17.9 Å². The van der Waals surface area contributed by atoms with Crippen LogP contribution in [0.2, 0.25) is 4.34 Å². The summed E-state index contributed by atoms with van der Waals surface area (Å²) in [5, 5.41) is 3.24. The molecule has 0 radical (unpaired) electrons. The Morgan fingerprint density at radius 2 is 2.50 bits per heavy atom. The van der Waals surface area contributed by atoms with E-state index in [2.05, 4.69) is 11.9 Å². The lowest BCUT2D eigenvalue weighted by Gasteiger charge is -2.23. The number of hydrogen-bond acceptors (Lipinski definition) is 3. The van der Waals surface area contributed by atoms with Crippen molar-refractivity contribution in [2.24, 2.45) is 0 Å². The fourth-order valence-electron chi connectivity index (χ4n) is 2.13. The number of thiophene rings is 1. The first-order chi connectivity index (χ1) is 8.70. The molecule has 0 aromatic carbocycles. The molecule has 1 fully saturated rings. The minimum atomic E-state index is -0.0274. The normalized spacial score (nSPS) is 18.8. The maximum absolute atomic E-state index is 12.3. The van der Waals surface area contributed by atoms with E-state index < -0.39 is 0 Å². The van der Waals surface area contributed by atoms with Gasteiger partial charge in [0.05, 0.1) is 16.9 Å². The van der Waals surface area contributed by atoms with Crippen LogP contribution in [0.15, 0.2) is 24.8 Å². The molecule has 2 heterocycles. The van der Waals surface area contributed by atoms with Crippen molar-refractivity contribution in [2.45, 2.75) is 25.4 Å². The average Bonchev–Trinajstić information content (AvgIpc) is 2.99. The lowest BCUT2D eigenvalue weighted by atomic mass is 10.2. The number of carbonyl (C=O) groups is 1. The van der Waals surface area contributed by atoms with Gasteiger partial charge in [-0.25, -0.2) is 0 Å². The fraction of sp³-hybridized carbons (Fsp3) is 0.462. The first-order valence-electron chi connectivity index (χ1n) is 6.08. The van der Waals surface area contributed by atoms with Crippen LogP contribution in [0.4, 0.5) is 0 Å². The van der Waals surface area contributed by atoms with Gasteiger partial charge < -0.3 is 10.2 Å². The zero-order valence-electron chi connectivity index (χ0n) is 10.2. The summed E-state index contributed by atoms with van der Waals surface area (Å²) in [7, 11) is 0. The third kappa shape index (κ3) is 3.34. The van der Waals surface area contributed by atoms with Gasteiger partial charge in [-0.2, -0.15) is 0 Å². The monoisotopic (exact) mass is 284 g/mol. The van der Waals surface area contributed by atoms with E-state index in [1.165, 1.54) is 11.3 Å². The first-order valence-corrected chi connectivity index (χ1v) is 7.27. The quantitative estimate of drug-likeness (QED) is 0.843. The van der Waals surface area contributed by atoms with Crippen molar-refractivity contribution in [1.82, 2.24) is 10.2 Å². The van der Waals surface area contributed by atoms with Crippen molar-refractivity contribution in [3.63, 3.8) is 0 Å². The Labute approximate surface area is 116 Å². The van der Waals surface area contributed by atoms with Gasteiger partial charge in [-0.05, 0) is 31.5 Å². The Bertz CT molecular complexity index is 426. The predicted molar refractivity (Wildman–Crippen MR) is 76.0 cm³/mol. The molecule has 0 bridgehead atoms. The van der Waals surface area contributed by atoms with E-state index in [0.29, 0.717) is 13.1 Å². The highest BCUT2D eigenvalue weighted by atomic mass is 35.5. The summed E-state index contributed by atoms with van der Waals surface area (Å²) in [6, 6.07) is 3.81. The van der Waals surface area contributed by atoms with E-state index in [-0.39, 0.29) is 11.9 Å². The summed E-state index contributed by atoms with van der Waals surface area (Å²) in [4.78, 5) is 15.3. The Kier molecular flexibility index (Phi) is 4.80. The van der Waals surface area contributed by atoms with Crippen LogP contribution in [0.3, 0.4) is 0 Å². The number of halogens is 1. The molecule has 1 atom stereocenters. The molecule has 5 heteroatoms. The van der Waals surface area contributed by atoms with E-state index in [4.69, 9.17) is 11.6 Å². The maximum Gasteiger partial charge on any atom is 0.240 e. The van der Waals surface area contributed by atoms with Gasteiger partial charge in [0.15, 0.2) is 0 Å². The lowest BCUT2D eigenvalue weighted by Crippen LogP contribution is -2.43. The molecule has 18 heavy (non-hydrogen) atoms. The summed E-state index contributed by atoms with van der Waals surface area (Å²) in [6.45, 7) is 5.84. The molecule has 98 valence electrons. The second-order valence-electron chi connectivity index (χ2n) is 4.36. The molecule has 2 rings (SSSR count). The average molecular weight is 285 g/mol. The molecular formula is C13H17ClN2OS. The van der Waals surface area contributed by atoms with Crippen molar-refractivity contribution in [2.75, 3.05) is 13.1 Å². The van der Waals surface area contributed by atoms with Gasteiger partial charge in [0.2, 0.25) is 5.91 Å². The van der Waals surface area contributed by atoms with E-state index >= 15 is 0 Å². The van der Waals surface area contributed by atoms with Crippen LogP contribution in [0.5, 0.6) is 0 Å². The van der Waals surface area contributed by atoms with Crippen LogP contribution >= 0.6 is 22.9 Å². The van der Waals surface area contributed by atoms with E-state index in [9.17, 15) is 4.79 Å². The third-order valence-corrected chi connectivity index (χ3v) is 4.21. The molecule has 1 aliphatic heterocycles. The van der Waals surface area contributed by atoms with Crippen molar-refractivity contribution in [3.05, 3.63) is 34.0 Å². The highest BCUT2D eigenvalue weighted by molar-refractivity contribution is 7.16. The smallest absolute Gasteiger partial charge is 0.240 e. The Balaban J connectivity index is 2.02. The Hall–Kier alpha value is -0.840. The molecule has 1 unspecified atom stereocenters. The summed E-state index contributed by atoms with van der Waals surface area (Å²) in [5.74, 6) is 0.164. The number of nitrogens with zero attached hydrogens (tertiary/aromatic N) is 1. The number of carbonyl (C=O) groups excluding carboxylic acids is 1. The van der Waals surface area contributed by atoms with Crippen LogP contribution in [0, 0.1) is 0 Å². The molecule has 1 aromatic rings. The van der Waals surface area contributed by atoms with E-state index in [1.807, 2.05) is 17.0 Å². The van der Waals surface area contributed by atoms with Crippen molar-refractivity contribution >= 4 is 28.8 Å².